The fourth-order valence-corrected chi connectivity index (χ4v) is 4.83. The van der Waals surface area contributed by atoms with E-state index in [4.69, 9.17) is 14.2 Å². The fourth-order valence-electron chi connectivity index (χ4n) is 4.83. The van der Waals surface area contributed by atoms with Crippen molar-refractivity contribution in [2.45, 2.75) is 79.1 Å². The molecule has 0 aromatic rings. The molecular formula is C25H32O6. The Morgan fingerprint density at radius 3 is 2.35 bits per heavy atom. The maximum Gasteiger partial charge on any atom is 0.351 e. The lowest BCUT2D eigenvalue weighted by Crippen LogP contribution is -2.50. The van der Waals surface area contributed by atoms with Crippen LogP contribution in [0, 0.1) is 11.8 Å². The third-order valence-corrected chi connectivity index (χ3v) is 7.01. The van der Waals surface area contributed by atoms with E-state index < -0.39 is 41.6 Å². The lowest BCUT2D eigenvalue weighted by molar-refractivity contribution is -0.175. The van der Waals surface area contributed by atoms with Gasteiger partial charge in [-0.3, -0.25) is 0 Å². The normalized spacial score (nSPS) is 33.3. The van der Waals surface area contributed by atoms with Gasteiger partial charge in [0.25, 0.3) is 0 Å². The number of hydrogen-bond acceptors (Lipinski definition) is 6. The fraction of sp³-hybridized carbons (Fsp3) is 0.560. The first-order valence-corrected chi connectivity index (χ1v) is 10.8. The number of carbonyl (C=O) groups is 3. The predicted octanol–water partition coefficient (Wildman–Crippen LogP) is 4.36. The Morgan fingerprint density at radius 2 is 1.74 bits per heavy atom. The maximum atomic E-state index is 13.1. The number of allylic oxidation sites excluding steroid dienone is 3. The molecular weight excluding hydrogens is 396 g/mol. The highest BCUT2D eigenvalue weighted by Gasteiger charge is 2.64. The van der Waals surface area contributed by atoms with Crippen molar-refractivity contribution < 1.29 is 28.6 Å². The van der Waals surface area contributed by atoms with Crippen LogP contribution in [0.4, 0.5) is 0 Å². The zero-order chi connectivity index (χ0) is 23.1. The van der Waals surface area contributed by atoms with E-state index in [0.717, 1.165) is 17.6 Å². The standard InChI is InChI=1S/C25H32O6/c1-8-13(3)22(26)29-18-12-16(6)17-11-10-15(5)19(17)21-20(18)25(7,24(28)30-21)31-23(27)14(4)9-2/h8-10,18-21H,11-12H2,1-7H3/t18-,19?,20?,21?,25-/m0/s1. The van der Waals surface area contributed by atoms with Crippen LogP contribution in [0.1, 0.15) is 61.3 Å². The predicted molar refractivity (Wildman–Crippen MR) is 116 cm³/mol. The summed E-state index contributed by atoms with van der Waals surface area (Å²) in [6.07, 6.45) is 5.50. The Hall–Kier alpha value is -2.63. The molecule has 6 nitrogen and oxygen atoms in total. The van der Waals surface area contributed by atoms with Crippen molar-refractivity contribution in [2.75, 3.05) is 0 Å². The van der Waals surface area contributed by atoms with Gasteiger partial charge in [-0.15, -0.1) is 0 Å². The Bertz CT molecular complexity index is 934. The van der Waals surface area contributed by atoms with E-state index in [9.17, 15) is 14.4 Å². The number of ether oxygens (including phenoxy) is 3. The molecule has 1 heterocycles. The van der Waals surface area contributed by atoms with Gasteiger partial charge in [0.15, 0.2) is 0 Å². The van der Waals surface area contributed by atoms with Crippen LogP contribution >= 0.6 is 0 Å². The Balaban J connectivity index is 2.08. The molecule has 5 atom stereocenters. The van der Waals surface area contributed by atoms with Crippen LogP contribution in [-0.4, -0.2) is 35.7 Å². The average Bonchev–Trinajstić information content (AvgIpc) is 3.19. The molecule has 3 unspecified atom stereocenters. The quantitative estimate of drug-likeness (QED) is 0.286. The molecule has 3 aliphatic rings. The summed E-state index contributed by atoms with van der Waals surface area (Å²) in [5.41, 5.74) is 2.76. The summed E-state index contributed by atoms with van der Waals surface area (Å²) in [4.78, 5) is 38.4. The second-order valence-corrected chi connectivity index (χ2v) is 8.92. The SMILES string of the molecule is CC=C(C)C(=O)O[C@H]1CC(C)=C2CC=C(C)C2C2OC(=O)[C@@](C)(OC(=O)C(C)=CC)C21. The van der Waals surface area contributed by atoms with Crippen molar-refractivity contribution in [2.24, 2.45) is 11.8 Å². The summed E-state index contributed by atoms with van der Waals surface area (Å²) in [7, 11) is 0. The second kappa shape index (κ2) is 8.48. The number of carbonyl (C=O) groups excluding carboxylic acids is 3. The third kappa shape index (κ3) is 3.88. The highest BCUT2D eigenvalue weighted by molar-refractivity contribution is 5.92. The molecule has 2 aliphatic carbocycles. The van der Waals surface area contributed by atoms with Crippen LogP contribution in [0.2, 0.25) is 0 Å². The lowest BCUT2D eigenvalue weighted by atomic mass is 9.77. The first kappa shape index (κ1) is 23.0. The van der Waals surface area contributed by atoms with Crippen molar-refractivity contribution in [3.63, 3.8) is 0 Å². The van der Waals surface area contributed by atoms with Crippen molar-refractivity contribution in [1.82, 2.24) is 0 Å². The molecule has 31 heavy (non-hydrogen) atoms. The van der Waals surface area contributed by atoms with Gasteiger partial charge in [0.1, 0.15) is 12.2 Å². The maximum absolute atomic E-state index is 13.1. The number of esters is 3. The van der Waals surface area contributed by atoms with Crippen LogP contribution in [0.3, 0.4) is 0 Å². The first-order valence-electron chi connectivity index (χ1n) is 10.8. The molecule has 3 rings (SSSR count). The Kier molecular flexibility index (Phi) is 6.30. The summed E-state index contributed by atoms with van der Waals surface area (Å²) in [6.45, 7) is 12.5. The van der Waals surface area contributed by atoms with Crippen molar-refractivity contribution >= 4 is 17.9 Å². The van der Waals surface area contributed by atoms with E-state index >= 15 is 0 Å². The zero-order valence-electron chi connectivity index (χ0n) is 19.4. The Labute approximate surface area is 184 Å². The molecule has 168 valence electrons. The molecule has 0 amide bonds. The smallest absolute Gasteiger partial charge is 0.351 e. The van der Waals surface area contributed by atoms with Gasteiger partial charge in [-0.1, -0.05) is 34.9 Å². The molecule has 0 aromatic heterocycles. The molecule has 1 fully saturated rings. The minimum absolute atomic E-state index is 0.0937. The van der Waals surface area contributed by atoms with Gasteiger partial charge in [0, 0.05) is 23.5 Å². The summed E-state index contributed by atoms with van der Waals surface area (Å²) in [5.74, 6) is -2.33. The van der Waals surface area contributed by atoms with Crippen LogP contribution in [0.5, 0.6) is 0 Å². The number of fused-ring (bicyclic) bond motifs is 3. The summed E-state index contributed by atoms with van der Waals surface area (Å²) in [6, 6.07) is 0. The molecule has 1 saturated heterocycles. The van der Waals surface area contributed by atoms with Crippen LogP contribution in [0.15, 0.2) is 46.1 Å². The van der Waals surface area contributed by atoms with E-state index in [1.807, 2.05) is 13.8 Å². The van der Waals surface area contributed by atoms with Crippen LogP contribution in [-0.2, 0) is 28.6 Å². The van der Waals surface area contributed by atoms with Crippen LogP contribution < -0.4 is 0 Å². The molecule has 0 radical (unpaired) electrons. The zero-order valence-corrected chi connectivity index (χ0v) is 19.4. The van der Waals surface area contributed by atoms with E-state index in [1.165, 1.54) is 5.57 Å². The van der Waals surface area contributed by atoms with Crippen molar-refractivity contribution in [1.29, 1.82) is 0 Å². The minimum atomic E-state index is -1.56. The molecule has 0 spiro atoms. The van der Waals surface area contributed by atoms with Gasteiger partial charge in [-0.05, 0) is 54.9 Å². The molecule has 0 N–H and O–H groups in total. The molecule has 1 aliphatic heterocycles. The van der Waals surface area contributed by atoms with Crippen LogP contribution in [0.25, 0.3) is 0 Å². The Morgan fingerprint density at radius 1 is 1.13 bits per heavy atom. The van der Waals surface area contributed by atoms with E-state index in [-0.39, 0.29) is 5.92 Å². The third-order valence-electron chi connectivity index (χ3n) is 7.01. The minimum Gasteiger partial charge on any atom is -0.458 e. The first-order chi connectivity index (χ1) is 14.5. The molecule has 0 bridgehead atoms. The molecule has 0 saturated carbocycles. The van der Waals surface area contributed by atoms with Crippen molar-refractivity contribution in [3.8, 4) is 0 Å². The molecule has 0 aromatic carbocycles. The second-order valence-electron chi connectivity index (χ2n) is 8.92. The van der Waals surface area contributed by atoms with Gasteiger partial charge in [0.05, 0.1) is 5.92 Å². The number of hydrogen-bond donors (Lipinski definition) is 0. The largest absolute Gasteiger partial charge is 0.458 e. The van der Waals surface area contributed by atoms with E-state index in [1.54, 1.807) is 46.8 Å². The average molecular weight is 429 g/mol. The monoisotopic (exact) mass is 428 g/mol. The highest BCUT2D eigenvalue weighted by Crippen LogP contribution is 2.52. The van der Waals surface area contributed by atoms with Gasteiger partial charge in [-0.2, -0.15) is 0 Å². The summed E-state index contributed by atoms with van der Waals surface area (Å²) in [5, 5.41) is 0. The van der Waals surface area contributed by atoms with Crippen molar-refractivity contribution in [3.05, 3.63) is 46.1 Å². The van der Waals surface area contributed by atoms with E-state index in [2.05, 4.69) is 6.08 Å². The highest BCUT2D eigenvalue weighted by atomic mass is 16.6. The number of rotatable bonds is 4. The van der Waals surface area contributed by atoms with Gasteiger partial charge in [0.2, 0.25) is 5.60 Å². The topological polar surface area (TPSA) is 78.9 Å². The van der Waals surface area contributed by atoms with Gasteiger partial charge in [-0.25, -0.2) is 14.4 Å². The summed E-state index contributed by atoms with van der Waals surface area (Å²) < 4.78 is 17.6. The summed E-state index contributed by atoms with van der Waals surface area (Å²) >= 11 is 0. The van der Waals surface area contributed by atoms with Gasteiger partial charge >= 0.3 is 17.9 Å². The molecule has 6 heteroatoms. The van der Waals surface area contributed by atoms with E-state index in [0.29, 0.717) is 17.6 Å². The van der Waals surface area contributed by atoms with Gasteiger partial charge < -0.3 is 14.2 Å². The lowest BCUT2D eigenvalue weighted by Gasteiger charge is -2.35.